The van der Waals surface area contributed by atoms with Crippen LogP contribution in [0.15, 0.2) is 20.9 Å². The number of guanidine groups is 1. The predicted octanol–water partition coefficient (Wildman–Crippen LogP) is 3.63. The van der Waals surface area contributed by atoms with E-state index in [4.69, 9.17) is 4.74 Å². The molecule has 0 spiro atoms. The minimum absolute atomic E-state index is 0.186. The lowest BCUT2D eigenvalue weighted by molar-refractivity contribution is 0.0490. The highest BCUT2D eigenvalue weighted by atomic mass is 32.2. The average molecular weight is 428 g/mol. The molecule has 1 aromatic heterocycles. The normalized spacial score (nSPS) is 20.5. The van der Waals surface area contributed by atoms with Crippen LogP contribution in [0.2, 0.25) is 0 Å². The molecule has 1 aliphatic rings. The summed E-state index contributed by atoms with van der Waals surface area (Å²) in [5.74, 6) is 1.89. The van der Waals surface area contributed by atoms with Gasteiger partial charge in [0.15, 0.2) is 5.96 Å². The lowest BCUT2D eigenvalue weighted by Gasteiger charge is -2.31. The van der Waals surface area contributed by atoms with E-state index >= 15 is 0 Å². The number of thioether (sulfide) groups is 1. The quantitative estimate of drug-likeness (QED) is 0.267. The molecule has 158 valence electrons. The summed E-state index contributed by atoms with van der Waals surface area (Å²) in [6.45, 7) is 6.52. The molecule has 1 amide bonds. The van der Waals surface area contributed by atoms with E-state index in [0.29, 0.717) is 6.04 Å². The maximum absolute atomic E-state index is 11.9. The predicted molar refractivity (Wildman–Crippen MR) is 117 cm³/mol. The van der Waals surface area contributed by atoms with Crippen molar-refractivity contribution in [3.8, 4) is 0 Å². The number of thiazole rings is 1. The molecule has 9 heteroatoms. The van der Waals surface area contributed by atoms with Gasteiger partial charge in [0.2, 0.25) is 0 Å². The second-order valence-electron chi connectivity index (χ2n) is 7.84. The Labute approximate surface area is 176 Å². The second kappa shape index (κ2) is 11.5. The van der Waals surface area contributed by atoms with Crippen molar-refractivity contribution in [3.05, 3.63) is 11.6 Å². The maximum Gasteiger partial charge on any atom is 0.407 e. The zero-order valence-electron chi connectivity index (χ0n) is 17.3. The molecule has 1 saturated carbocycles. The summed E-state index contributed by atoms with van der Waals surface area (Å²) < 4.78 is 6.46. The summed E-state index contributed by atoms with van der Waals surface area (Å²) >= 11 is 3.48. The van der Waals surface area contributed by atoms with Crippen LogP contribution in [0.25, 0.3) is 0 Å². The van der Waals surface area contributed by atoms with E-state index in [2.05, 4.69) is 25.9 Å². The van der Waals surface area contributed by atoms with Crippen LogP contribution in [-0.2, 0) is 4.74 Å². The van der Waals surface area contributed by atoms with Crippen molar-refractivity contribution in [1.29, 1.82) is 0 Å². The molecule has 0 aliphatic heterocycles. The molecule has 3 N–H and O–H groups in total. The van der Waals surface area contributed by atoms with Crippen molar-refractivity contribution in [2.24, 2.45) is 4.99 Å². The van der Waals surface area contributed by atoms with Gasteiger partial charge in [-0.05, 0) is 52.9 Å². The Balaban J connectivity index is 1.59. The highest BCUT2D eigenvalue weighted by Gasteiger charge is 2.25. The van der Waals surface area contributed by atoms with Crippen molar-refractivity contribution in [1.82, 2.24) is 20.9 Å². The minimum atomic E-state index is -0.459. The molecule has 0 aromatic carbocycles. The molecule has 28 heavy (non-hydrogen) atoms. The van der Waals surface area contributed by atoms with E-state index in [0.717, 1.165) is 54.7 Å². The fourth-order valence-corrected chi connectivity index (χ4v) is 4.61. The number of rotatable bonds is 7. The topological polar surface area (TPSA) is 87.6 Å². The molecule has 0 bridgehead atoms. The van der Waals surface area contributed by atoms with Crippen LogP contribution in [0.3, 0.4) is 0 Å². The lowest BCUT2D eigenvalue weighted by Crippen LogP contribution is -2.48. The van der Waals surface area contributed by atoms with Gasteiger partial charge in [0, 0.05) is 43.0 Å². The van der Waals surface area contributed by atoms with Crippen LogP contribution in [0, 0.1) is 0 Å². The van der Waals surface area contributed by atoms with Crippen LogP contribution in [0.5, 0.6) is 0 Å². The van der Waals surface area contributed by atoms with E-state index in [1.807, 2.05) is 32.3 Å². The van der Waals surface area contributed by atoms with E-state index in [1.54, 1.807) is 30.1 Å². The number of hydrogen-bond donors (Lipinski definition) is 3. The van der Waals surface area contributed by atoms with Crippen LogP contribution in [-0.4, -0.2) is 54.1 Å². The van der Waals surface area contributed by atoms with Gasteiger partial charge in [-0.2, -0.15) is 0 Å². The van der Waals surface area contributed by atoms with Gasteiger partial charge < -0.3 is 20.7 Å². The monoisotopic (exact) mass is 427 g/mol. The van der Waals surface area contributed by atoms with Gasteiger partial charge >= 0.3 is 6.09 Å². The van der Waals surface area contributed by atoms with Crippen LogP contribution in [0.4, 0.5) is 4.79 Å². The fourth-order valence-electron chi connectivity index (χ4n) is 2.96. The first-order valence-corrected chi connectivity index (χ1v) is 11.7. The van der Waals surface area contributed by atoms with Crippen molar-refractivity contribution in [3.63, 3.8) is 0 Å². The van der Waals surface area contributed by atoms with Crippen molar-refractivity contribution in [2.75, 3.05) is 19.3 Å². The number of aliphatic imine (C=N–C) groups is 1. The number of ether oxygens (including phenoxy) is 1. The molecule has 0 atom stereocenters. The highest BCUT2D eigenvalue weighted by molar-refractivity contribution is 8.00. The Morgan fingerprint density at radius 3 is 2.54 bits per heavy atom. The lowest BCUT2D eigenvalue weighted by atomic mass is 9.91. The molecule has 0 saturated heterocycles. The van der Waals surface area contributed by atoms with Crippen LogP contribution >= 0.6 is 23.1 Å². The third-order valence-corrected chi connectivity index (χ3v) is 6.31. The van der Waals surface area contributed by atoms with Crippen molar-refractivity contribution < 1.29 is 9.53 Å². The smallest absolute Gasteiger partial charge is 0.407 e. The molecule has 1 aromatic rings. The second-order valence-corrected chi connectivity index (χ2v) is 10.1. The molecule has 1 heterocycles. The minimum Gasteiger partial charge on any atom is -0.444 e. The molecule has 0 radical (unpaired) electrons. The van der Waals surface area contributed by atoms with Crippen molar-refractivity contribution in [2.45, 2.75) is 74.9 Å². The molecule has 1 fully saturated rings. The standard InChI is InChI=1S/C19H33N5O2S2/c1-19(2,3)26-17(25)24-15-8-6-14(7-9-15)23-16(20-4)21-10-5-12-27-18-22-11-13-28-18/h11,13-15H,5-10,12H2,1-4H3,(H,24,25)(H2,20,21,23). The number of nitrogens with one attached hydrogen (secondary N) is 3. The fraction of sp³-hybridized carbons (Fsp3) is 0.737. The number of carbonyl (C=O) groups is 1. The largest absolute Gasteiger partial charge is 0.444 e. The number of amides is 1. The summed E-state index contributed by atoms with van der Waals surface area (Å²) in [7, 11) is 1.80. The Kier molecular flexibility index (Phi) is 9.37. The molecular weight excluding hydrogens is 394 g/mol. The summed E-state index contributed by atoms with van der Waals surface area (Å²) in [5, 5.41) is 11.9. The number of hydrogen-bond acceptors (Lipinski definition) is 6. The molecule has 0 unspecified atom stereocenters. The number of carbonyl (C=O) groups excluding carboxylic acids is 1. The number of nitrogens with zero attached hydrogens (tertiary/aromatic N) is 2. The molecule has 2 rings (SSSR count). The summed E-state index contributed by atoms with van der Waals surface area (Å²) in [6.07, 6.45) is 6.46. The van der Waals surface area contributed by atoms with Gasteiger partial charge in [0.25, 0.3) is 0 Å². The summed E-state index contributed by atoms with van der Waals surface area (Å²) in [4.78, 5) is 20.5. The maximum atomic E-state index is 11.9. The van der Waals surface area contributed by atoms with Crippen LogP contribution < -0.4 is 16.0 Å². The Morgan fingerprint density at radius 1 is 1.29 bits per heavy atom. The molecule has 7 nitrogen and oxygen atoms in total. The molecular formula is C19H33N5O2S2. The van der Waals surface area contributed by atoms with Crippen molar-refractivity contribution >= 4 is 35.2 Å². The first-order chi connectivity index (χ1) is 13.4. The van der Waals surface area contributed by atoms with Crippen LogP contribution in [0.1, 0.15) is 52.9 Å². The zero-order valence-corrected chi connectivity index (χ0v) is 18.9. The van der Waals surface area contributed by atoms with Gasteiger partial charge in [-0.1, -0.05) is 11.8 Å². The molecule has 1 aliphatic carbocycles. The van der Waals surface area contributed by atoms with Gasteiger partial charge in [-0.15, -0.1) is 11.3 Å². The average Bonchev–Trinajstić information content (AvgIpc) is 3.13. The Bertz CT molecular complexity index is 608. The van der Waals surface area contributed by atoms with E-state index in [1.165, 1.54) is 0 Å². The highest BCUT2D eigenvalue weighted by Crippen LogP contribution is 2.21. The van der Waals surface area contributed by atoms with Gasteiger partial charge in [-0.25, -0.2) is 9.78 Å². The van der Waals surface area contributed by atoms with E-state index in [9.17, 15) is 4.79 Å². The van der Waals surface area contributed by atoms with Gasteiger partial charge in [0.05, 0.1) is 0 Å². The number of aromatic nitrogens is 1. The third-order valence-electron chi connectivity index (χ3n) is 4.26. The van der Waals surface area contributed by atoms with E-state index in [-0.39, 0.29) is 12.1 Å². The van der Waals surface area contributed by atoms with E-state index < -0.39 is 5.60 Å². The SMILES string of the molecule is CN=C(NCCCSc1nccs1)NC1CCC(NC(=O)OC(C)(C)C)CC1. The first-order valence-electron chi connectivity index (χ1n) is 9.84. The third kappa shape index (κ3) is 9.14. The summed E-state index contributed by atoms with van der Waals surface area (Å²) in [6, 6.07) is 0.568. The Hall–Kier alpha value is -1.48. The number of alkyl carbamates (subject to hydrolysis) is 1. The van der Waals surface area contributed by atoms with Gasteiger partial charge in [-0.3, -0.25) is 4.99 Å². The Morgan fingerprint density at radius 2 is 1.96 bits per heavy atom. The zero-order chi connectivity index (χ0) is 20.4. The van der Waals surface area contributed by atoms with Gasteiger partial charge in [0.1, 0.15) is 9.94 Å². The first kappa shape index (κ1) is 22.8. The summed E-state index contributed by atoms with van der Waals surface area (Å²) in [5.41, 5.74) is -0.459.